The van der Waals surface area contributed by atoms with E-state index in [4.69, 9.17) is 0 Å². The molecule has 0 aromatic heterocycles. The second kappa shape index (κ2) is 3.17. The summed E-state index contributed by atoms with van der Waals surface area (Å²) in [4.78, 5) is 11.2. The van der Waals surface area contributed by atoms with Crippen molar-refractivity contribution in [3.05, 3.63) is 35.6 Å². The van der Waals surface area contributed by atoms with Gasteiger partial charge in [-0.25, -0.2) is 4.39 Å². The van der Waals surface area contributed by atoms with Crippen LogP contribution < -0.4 is 5.32 Å². The molecule has 1 atom stereocenters. The first kappa shape index (κ1) is 8.23. The predicted octanol–water partition coefficient (Wildman–Crippen LogP) is 1.43. The maximum absolute atomic E-state index is 13.2. The van der Waals surface area contributed by atoms with Gasteiger partial charge in [0.25, 0.3) is 0 Å². The Balaban J connectivity index is 2.34. The van der Waals surface area contributed by atoms with E-state index < -0.39 is 0 Å². The van der Waals surface area contributed by atoms with Crippen LogP contribution >= 0.6 is 0 Å². The van der Waals surface area contributed by atoms with Gasteiger partial charge in [-0.2, -0.15) is 0 Å². The first-order valence-corrected chi connectivity index (χ1v) is 4.31. The smallest absolute Gasteiger partial charge is 0.227 e. The third kappa shape index (κ3) is 1.41. The standard InChI is InChI=1S/C10H10FNO/c11-9-4-2-1-3-7(9)8-5-6-12-10(8)13/h1-4,8H,5-6H2,(H,12,13). The molecule has 1 N–H and O–H groups in total. The SMILES string of the molecule is O=C1NCCC1c1ccccc1F. The van der Waals surface area contributed by atoms with E-state index in [9.17, 15) is 9.18 Å². The Labute approximate surface area is 75.8 Å². The molecule has 0 aliphatic carbocycles. The van der Waals surface area contributed by atoms with Crippen molar-refractivity contribution in [2.45, 2.75) is 12.3 Å². The van der Waals surface area contributed by atoms with Gasteiger partial charge in [0.05, 0.1) is 5.92 Å². The maximum Gasteiger partial charge on any atom is 0.227 e. The highest BCUT2D eigenvalue weighted by molar-refractivity contribution is 5.85. The van der Waals surface area contributed by atoms with E-state index in [0.29, 0.717) is 18.5 Å². The number of carbonyl (C=O) groups excluding carboxylic acids is 1. The van der Waals surface area contributed by atoms with Crippen LogP contribution in [-0.4, -0.2) is 12.5 Å². The number of carbonyl (C=O) groups is 1. The molecule has 3 heteroatoms. The van der Waals surface area contributed by atoms with Crippen LogP contribution in [0.5, 0.6) is 0 Å². The third-order valence-corrected chi connectivity index (χ3v) is 2.33. The molecule has 68 valence electrons. The Morgan fingerprint density at radius 1 is 1.38 bits per heavy atom. The van der Waals surface area contributed by atoms with E-state index in [2.05, 4.69) is 5.32 Å². The number of halogens is 1. The second-order valence-electron chi connectivity index (χ2n) is 3.15. The van der Waals surface area contributed by atoms with Gasteiger partial charge in [0.15, 0.2) is 0 Å². The van der Waals surface area contributed by atoms with Crippen molar-refractivity contribution in [3.8, 4) is 0 Å². The highest BCUT2D eigenvalue weighted by Crippen LogP contribution is 2.25. The van der Waals surface area contributed by atoms with E-state index in [-0.39, 0.29) is 17.6 Å². The minimum absolute atomic E-state index is 0.0647. The molecular formula is C10H10FNO. The Morgan fingerprint density at radius 3 is 2.77 bits per heavy atom. The molecule has 1 aromatic rings. The topological polar surface area (TPSA) is 29.1 Å². The lowest BCUT2D eigenvalue weighted by Crippen LogP contribution is -2.18. The van der Waals surface area contributed by atoms with Gasteiger partial charge in [-0.3, -0.25) is 4.79 Å². The fourth-order valence-corrected chi connectivity index (χ4v) is 1.65. The zero-order chi connectivity index (χ0) is 9.26. The molecule has 1 aliphatic rings. The summed E-state index contributed by atoms with van der Waals surface area (Å²) < 4.78 is 13.2. The van der Waals surface area contributed by atoms with Crippen LogP contribution in [0.4, 0.5) is 4.39 Å². The molecule has 0 saturated carbocycles. The average Bonchev–Trinajstić information content (AvgIpc) is 2.52. The van der Waals surface area contributed by atoms with E-state index in [1.807, 2.05) is 0 Å². The van der Waals surface area contributed by atoms with Crippen molar-refractivity contribution in [3.63, 3.8) is 0 Å². The van der Waals surface area contributed by atoms with Crippen LogP contribution in [0.2, 0.25) is 0 Å². The molecule has 0 radical (unpaired) electrons. The molecule has 0 bridgehead atoms. The zero-order valence-corrected chi connectivity index (χ0v) is 7.09. The molecule has 1 aliphatic heterocycles. The van der Waals surface area contributed by atoms with Gasteiger partial charge < -0.3 is 5.32 Å². The summed E-state index contributed by atoms with van der Waals surface area (Å²) in [6.07, 6.45) is 0.694. The number of nitrogens with one attached hydrogen (secondary N) is 1. The summed E-state index contributed by atoms with van der Waals surface area (Å²) in [5.41, 5.74) is 0.512. The van der Waals surface area contributed by atoms with Gasteiger partial charge in [-0.1, -0.05) is 18.2 Å². The first-order chi connectivity index (χ1) is 6.29. The number of benzene rings is 1. The molecule has 13 heavy (non-hydrogen) atoms. The highest BCUT2D eigenvalue weighted by atomic mass is 19.1. The van der Waals surface area contributed by atoms with Gasteiger partial charge in [-0.15, -0.1) is 0 Å². The summed E-state index contributed by atoms with van der Waals surface area (Å²) in [6.45, 7) is 0.651. The molecule has 1 amide bonds. The molecule has 1 unspecified atom stereocenters. The molecule has 0 spiro atoms. The Hall–Kier alpha value is -1.38. The zero-order valence-electron chi connectivity index (χ0n) is 7.09. The summed E-state index contributed by atoms with van der Waals surface area (Å²) in [5, 5.41) is 2.69. The monoisotopic (exact) mass is 179 g/mol. The molecule has 1 heterocycles. The molecule has 1 fully saturated rings. The Kier molecular flexibility index (Phi) is 2.00. The summed E-state index contributed by atoms with van der Waals surface area (Å²) >= 11 is 0. The molecular weight excluding hydrogens is 169 g/mol. The van der Waals surface area contributed by atoms with Gasteiger partial charge in [0, 0.05) is 12.1 Å². The minimum atomic E-state index is -0.291. The maximum atomic E-state index is 13.2. The largest absolute Gasteiger partial charge is 0.356 e. The molecule has 1 saturated heterocycles. The van der Waals surface area contributed by atoms with Gasteiger partial charge in [0.1, 0.15) is 5.82 Å². The van der Waals surface area contributed by atoms with Crippen molar-refractivity contribution in [1.82, 2.24) is 5.32 Å². The van der Waals surface area contributed by atoms with Gasteiger partial charge >= 0.3 is 0 Å². The van der Waals surface area contributed by atoms with Crippen LogP contribution in [0.3, 0.4) is 0 Å². The average molecular weight is 179 g/mol. The lowest BCUT2D eigenvalue weighted by Gasteiger charge is -2.07. The van der Waals surface area contributed by atoms with Crippen LogP contribution in [0.25, 0.3) is 0 Å². The quantitative estimate of drug-likeness (QED) is 0.694. The van der Waals surface area contributed by atoms with Crippen LogP contribution in [0, 0.1) is 5.82 Å². The van der Waals surface area contributed by atoms with Crippen molar-refractivity contribution in [2.75, 3.05) is 6.54 Å². The summed E-state index contributed by atoms with van der Waals surface area (Å²) in [7, 11) is 0. The second-order valence-corrected chi connectivity index (χ2v) is 3.15. The van der Waals surface area contributed by atoms with Crippen molar-refractivity contribution in [2.24, 2.45) is 0 Å². The fourth-order valence-electron chi connectivity index (χ4n) is 1.65. The van der Waals surface area contributed by atoms with E-state index in [1.165, 1.54) is 6.07 Å². The van der Waals surface area contributed by atoms with Crippen molar-refractivity contribution in [1.29, 1.82) is 0 Å². The fraction of sp³-hybridized carbons (Fsp3) is 0.300. The predicted molar refractivity (Wildman–Crippen MR) is 46.8 cm³/mol. The van der Waals surface area contributed by atoms with Crippen molar-refractivity contribution < 1.29 is 9.18 Å². The summed E-state index contributed by atoms with van der Waals surface area (Å²) in [5.74, 6) is -0.643. The van der Waals surface area contributed by atoms with E-state index >= 15 is 0 Å². The molecule has 1 aromatic carbocycles. The van der Waals surface area contributed by atoms with Crippen molar-refractivity contribution >= 4 is 5.91 Å². The molecule has 2 rings (SSSR count). The number of hydrogen-bond acceptors (Lipinski definition) is 1. The van der Waals surface area contributed by atoms with Crippen LogP contribution in [0.15, 0.2) is 24.3 Å². The Bertz CT molecular complexity index is 337. The lowest BCUT2D eigenvalue weighted by atomic mass is 9.97. The lowest BCUT2D eigenvalue weighted by molar-refractivity contribution is -0.120. The van der Waals surface area contributed by atoms with Gasteiger partial charge in [-0.05, 0) is 12.5 Å². The van der Waals surface area contributed by atoms with Crippen LogP contribution in [-0.2, 0) is 4.79 Å². The van der Waals surface area contributed by atoms with Gasteiger partial charge in [0.2, 0.25) is 5.91 Å². The number of hydrogen-bond donors (Lipinski definition) is 1. The van der Waals surface area contributed by atoms with E-state index in [0.717, 1.165) is 0 Å². The van der Waals surface area contributed by atoms with E-state index in [1.54, 1.807) is 18.2 Å². The first-order valence-electron chi connectivity index (χ1n) is 4.31. The minimum Gasteiger partial charge on any atom is -0.356 e. The highest BCUT2D eigenvalue weighted by Gasteiger charge is 2.27. The molecule has 2 nitrogen and oxygen atoms in total. The normalized spacial score (nSPS) is 21.6. The van der Waals surface area contributed by atoms with Crippen LogP contribution in [0.1, 0.15) is 17.9 Å². The number of amides is 1. The summed E-state index contributed by atoms with van der Waals surface area (Å²) in [6, 6.07) is 6.45. The number of rotatable bonds is 1. The Morgan fingerprint density at radius 2 is 2.15 bits per heavy atom. The third-order valence-electron chi connectivity index (χ3n) is 2.33.